The van der Waals surface area contributed by atoms with Gasteiger partial charge in [0.2, 0.25) is 11.8 Å². The Balaban J connectivity index is 0.00000220. The molecule has 0 aromatic heterocycles. The molecule has 21 heavy (non-hydrogen) atoms. The summed E-state index contributed by atoms with van der Waals surface area (Å²) in [6, 6.07) is 0. The topological polar surface area (TPSA) is 70.2 Å². The lowest BCUT2D eigenvalue weighted by Crippen LogP contribution is -2.60. The molecule has 2 aliphatic rings. The minimum absolute atomic E-state index is 0. The second kappa shape index (κ2) is 8.59. The van der Waals surface area contributed by atoms with E-state index in [1.54, 1.807) is 0 Å². The van der Waals surface area contributed by atoms with Crippen LogP contribution in [-0.2, 0) is 9.59 Å². The van der Waals surface area contributed by atoms with Crippen molar-refractivity contribution in [1.82, 2.24) is 16.0 Å². The maximum atomic E-state index is 12.5. The Labute approximate surface area is 133 Å². The molecule has 1 saturated heterocycles. The molecule has 0 spiro atoms. The van der Waals surface area contributed by atoms with Gasteiger partial charge in [0.15, 0.2) is 0 Å². The highest BCUT2D eigenvalue weighted by molar-refractivity contribution is 5.92. The summed E-state index contributed by atoms with van der Waals surface area (Å²) in [5.74, 6) is 0.0784. The van der Waals surface area contributed by atoms with E-state index < -0.39 is 5.54 Å². The van der Waals surface area contributed by atoms with E-state index in [1.165, 1.54) is 0 Å². The van der Waals surface area contributed by atoms with Gasteiger partial charge < -0.3 is 16.0 Å². The van der Waals surface area contributed by atoms with Crippen LogP contribution in [-0.4, -0.2) is 37.0 Å². The molecule has 2 rings (SSSR count). The fourth-order valence-corrected chi connectivity index (χ4v) is 3.19. The lowest BCUT2D eigenvalue weighted by atomic mass is 9.80. The van der Waals surface area contributed by atoms with Gasteiger partial charge in [-0.05, 0) is 32.2 Å². The van der Waals surface area contributed by atoms with Gasteiger partial charge in [-0.1, -0.05) is 26.2 Å². The molecule has 1 aliphatic heterocycles. The van der Waals surface area contributed by atoms with Crippen molar-refractivity contribution in [1.29, 1.82) is 0 Å². The van der Waals surface area contributed by atoms with Gasteiger partial charge in [0.25, 0.3) is 0 Å². The zero-order valence-corrected chi connectivity index (χ0v) is 13.7. The molecular weight excluding hydrogens is 290 g/mol. The van der Waals surface area contributed by atoms with Crippen molar-refractivity contribution in [3.63, 3.8) is 0 Å². The lowest BCUT2D eigenvalue weighted by molar-refractivity contribution is -0.136. The first-order valence-electron chi connectivity index (χ1n) is 7.99. The first kappa shape index (κ1) is 18.2. The number of hydrogen-bond donors (Lipinski definition) is 3. The summed E-state index contributed by atoms with van der Waals surface area (Å²) in [5, 5.41) is 9.27. The van der Waals surface area contributed by atoms with Gasteiger partial charge in [0.05, 0.1) is 5.92 Å². The van der Waals surface area contributed by atoms with Crippen molar-refractivity contribution in [2.24, 2.45) is 5.92 Å². The molecule has 1 unspecified atom stereocenters. The largest absolute Gasteiger partial charge is 0.354 e. The standard InChI is InChI=1S/C15H27N3O2.ClH/c1-2-9-17-14(20)15(7-4-3-5-8-15)18-13(19)12-6-10-16-11-12;/h12,16H,2-11H2,1H3,(H,17,20)(H,18,19);1H. The third-order valence-corrected chi connectivity index (χ3v) is 4.47. The van der Waals surface area contributed by atoms with Gasteiger partial charge in [0, 0.05) is 13.1 Å². The van der Waals surface area contributed by atoms with Crippen LogP contribution in [0.4, 0.5) is 0 Å². The summed E-state index contributed by atoms with van der Waals surface area (Å²) in [6.45, 7) is 4.35. The highest BCUT2D eigenvalue weighted by Gasteiger charge is 2.41. The molecular formula is C15H28ClN3O2. The van der Waals surface area contributed by atoms with E-state index in [-0.39, 0.29) is 30.1 Å². The molecule has 5 nitrogen and oxygen atoms in total. The third-order valence-electron chi connectivity index (χ3n) is 4.47. The van der Waals surface area contributed by atoms with Crippen molar-refractivity contribution in [2.45, 2.75) is 57.4 Å². The molecule has 1 aliphatic carbocycles. The number of carbonyl (C=O) groups excluding carboxylic acids is 2. The Hall–Kier alpha value is -0.810. The van der Waals surface area contributed by atoms with Crippen molar-refractivity contribution < 1.29 is 9.59 Å². The second-order valence-electron chi connectivity index (χ2n) is 6.08. The van der Waals surface area contributed by atoms with E-state index in [0.717, 1.165) is 58.0 Å². The molecule has 2 amide bonds. The van der Waals surface area contributed by atoms with Crippen LogP contribution < -0.4 is 16.0 Å². The Bertz CT molecular complexity index is 351. The molecule has 1 heterocycles. The van der Waals surface area contributed by atoms with Crippen LogP contribution >= 0.6 is 12.4 Å². The second-order valence-corrected chi connectivity index (χ2v) is 6.08. The molecule has 3 N–H and O–H groups in total. The summed E-state index contributed by atoms with van der Waals surface area (Å²) in [6.07, 6.45) is 6.53. The normalized spacial score (nSPS) is 24.0. The van der Waals surface area contributed by atoms with Crippen LogP contribution in [0.15, 0.2) is 0 Å². The van der Waals surface area contributed by atoms with Gasteiger partial charge >= 0.3 is 0 Å². The average molecular weight is 318 g/mol. The van der Waals surface area contributed by atoms with E-state index in [9.17, 15) is 9.59 Å². The highest BCUT2D eigenvalue weighted by Crippen LogP contribution is 2.29. The number of nitrogens with one attached hydrogen (secondary N) is 3. The highest BCUT2D eigenvalue weighted by atomic mass is 35.5. The number of amides is 2. The molecule has 0 radical (unpaired) electrons. The molecule has 1 saturated carbocycles. The van der Waals surface area contributed by atoms with Gasteiger partial charge in [-0.15, -0.1) is 12.4 Å². The van der Waals surface area contributed by atoms with Crippen molar-refractivity contribution >= 4 is 24.2 Å². The van der Waals surface area contributed by atoms with Crippen LogP contribution in [0.25, 0.3) is 0 Å². The first-order valence-corrected chi connectivity index (χ1v) is 7.99. The molecule has 6 heteroatoms. The van der Waals surface area contributed by atoms with Gasteiger partial charge in [0.1, 0.15) is 5.54 Å². The summed E-state index contributed by atoms with van der Waals surface area (Å²) >= 11 is 0. The summed E-state index contributed by atoms with van der Waals surface area (Å²) < 4.78 is 0. The predicted octanol–water partition coefficient (Wildman–Crippen LogP) is 1.36. The number of rotatable bonds is 5. The summed E-state index contributed by atoms with van der Waals surface area (Å²) in [5.41, 5.74) is -0.660. The van der Waals surface area contributed by atoms with Crippen LogP contribution in [0.3, 0.4) is 0 Å². The summed E-state index contributed by atoms with van der Waals surface area (Å²) in [7, 11) is 0. The monoisotopic (exact) mass is 317 g/mol. The maximum absolute atomic E-state index is 12.5. The van der Waals surface area contributed by atoms with Gasteiger partial charge in [-0.2, -0.15) is 0 Å². The SMILES string of the molecule is CCCNC(=O)C1(NC(=O)C2CCNC2)CCCCC1.Cl. The molecule has 2 fully saturated rings. The third kappa shape index (κ3) is 4.58. The number of halogens is 1. The molecule has 1 atom stereocenters. The van der Waals surface area contributed by atoms with Gasteiger partial charge in [-0.3, -0.25) is 9.59 Å². The molecule has 0 bridgehead atoms. The van der Waals surface area contributed by atoms with E-state index in [4.69, 9.17) is 0 Å². The van der Waals surface area contributed by atoms with Gasteiger partial charge in [-0.25, -0.2) is 0 Å². The van der Waals surface area contributed by atoms with E-state index in [2.05, 4.69) is 16.0 Å². The Morgan fingerprint density at radius 3 is 2.52 bits per heavy atom. The zero-order valence-electron chi connectivity index (χ0n) is 12.9. The number of hydrogen-bond acceptors (Lipinski definition) is 3. The molecule has 0 aromatic rings. The fourth-order valence-electron chi connectivity index (χ4n) is 3.19. The van der Waals surface area contributed by atoms with Crippen LogP contribution in [0.5, 0.6) is 0 Å². The van der Waals surface area contributed by atoms with E-state index in [1.807, 2.05) is 6.92 Å². The van der Waals surface area contributed by atoms with E-state index >= 15 is 0 Å². The quantitative estimate of drug-likeness (QED) is 0.717. The Morgan fingerprint density at radius 1 is 1.24 bits per heavy atom. The Kier molecular flexibility index (Phi) is 7.46. The maximum Gasteiger partial charge on any atom is 0.245 e. The minimum atomic E-state index is -0.660. The average Bonchev–Trinajstić information content (AvgIpc) is 3.00. The van der Waals surface area contributed by atoms with Crippen LogP contribution in [0.2, 0.25) is 0 Å². The fraction of sp³-hybridized carbons (Fsp3) is 0.867. The van der Waals surface area contributed by atoms with Crippen molar-refractivity contribution in [2.75, 3.05) is 19.6 Å². The first-order chi connectivity index (χ1) is 9.68. The van der Waals surface area contributed by atoms with Crippen molar-refractivity contribution in [3.8, 4) is 0 Å². The van der Waals surface area contributed by atoms with Crippen molar-refractivity contribution in [3.05, 3.63) is 0 Å². The summed E-state index contributed by atoms with van der Waals surface area (Å²) in [4.78, 5) is 24.9. The van der Waals surface area contributed by atoms with Crippen LogP contribution in [0, 0.1) is 5.92 Å². The lowest BCUT2D eigenvalue weighted by Gasteiger charge is -2.37. The smallest absolute Gasteiger partial charge is 0.245 e. The predicted molar refractivity (Wildman–Crippen MR) is 85.5 cm³/mol. The zero-order chi connectivity index (χ0) is 14.4. The number of carbonyl (C=O) groups is 2. The van der Waals surface area contributed by atoms with Crippen LogP contribution in [0.1, 0.15) is 51.9 Å². The van der Waals surface area contributed by atoms with E-state index in [0.29, 0.717) is 6.54 Å². The minimum Gasteiger partial charge on any atom is -0.354 e. The Morgan fingerprint density at radius 2 is 1.95 bits per heavy atom. The molecule has 122 valence electrons. The molecule has 0 aromatic carbocycles.